The molecule has 1 fully saturated rings. The number of hydrogen-bond donors (Lipinski definition) is 2. The summed E-state index contributed by atoms with van der Waals surface area (Å²) >= 11 is 0. The largest absolute Gasteiger partial charge is 0.378 e. The molecule has 1 aliphatic rings. The lowest BCUT2D eigenvalue weighted by molar-refractivity contribution is 0.0579. The smallest absolute Gasteiger partial charge is 0.188 e. The first-order chi connectivity index (χ1) is 8.33. The van der Waals surface area contributed by atoms with Gasteiger partial charge in [0.05, 0.1) is 6.10 Å². The zero-order chi connectivity index (χ0) is 12.3. The first-order valence-corrected chi connectivity index (χ1v) is 6.98. The molecule has 0 bridgehead atoms. The van der Waals surface area contributed by atoms with Gasteiger partial charge in [0.2, 0.25) is 0 Å². The summed E-state index contributed by atoms with van der Waals surface area (Å²) in [7, 11) is 0. The van der Waals surface area contributed by atoms with Crippen molar-refractivity contribution < 1.29 is 4.74 Å². The number of nitrogens with one attached hydrogen (secondary N) is 1. The van der Waals surface area contributed by atoms with Crippen LogP contribution in [0.1, 0.15) is 51.9 Å². The lowest BCUT2D eigenvalue weighted by Crippen LogP contribution is -2.32. The second-order valence-electron chi connectivity index (χ2n) is 4.68. The number of rotatable bonds is 8. The van der Waals surface area contributed by atoms with Crippen LogP contribution in [0.15, 0.2) is 4.99 Å². The average Bonchev–Trinajstić information content (AvgIpc) is 2.82. The fourth-order valence-electron chi connectivity index (χ4n) is 2.02. The van der Waals surface area contributed by atoms with E-state index in [0.29, 0.717) is 12.1 Å². The SMILES string of the molecule is CCCCNC(N)=NCCCOC1CCCC1. The summed E-state index contributed by atoms with van der Waals surface area (Å²) in [5.41, 5.74) is 5.72. The van der Waals surface area contributed by atoms with E-state index in [2.05, 4.69) is 17.2 Å². The highest BCUT2D eigenvalue weighted by atomic mass is 16.5. The van der Waals surface area contributed by atoms with Gasteiger partial charge in [-0.25, -0.2) is 0 Å². The van der Waals surface area contributed by atoms with Gasteiger partial charge in [-0.1, -0.05) is 26.2 Å². The molecule has 0 heterocycles. The van der Waals surface area contributed by atoms with Gasteiger partial charge in [0.1, 0.15) is 0 Å². The first kappa shape index (κ1) is 14.3. The molecule has 0 aromatic carbocycles. The van der Waals surface area contributed by atoms with Crippen LogP contribution in [0.2, 0.25) is 0 Å². The van der Waals surface area contributed by atoms with Crippen LogP contribution in [0.5, 0.6) is 0 Å². The molecular weight excluding hydrogens is 214 g/mol. The standard InChI is InChI=1S/C13H27N3O/c1-2-3-9-15-13(14)16-10-6-11-17-12-7-4-5-8-12/h12H,2-11H2,1H3,(H3,14,15,16). The van der Waals surface area contributed by atoms with Gasteiger partial charge in [0.15, 0.2) is 5.96 Å². The third-order valence-corrected chi connectivity index (χ3v) is 3.08. The topological polar surface area (TPSA) is 59.6 Å². The van der Waals surface area contributed by atoms with Crippen LogP contribution < -0.4 is 11.1 Å². The van der Waals surface area contributed by atoms with E-state index in [1.54, 1.807) is 0 Å². The Bertz CT molecular complexity index is 213. The third-order valence-electron chi connectivity index (χ3n) is 3.08. The highest BCUT2D eigenvalue weighted by Crippen LogP contribution is 2.20. The van der Waals surface area contributed by atoms with E-state index in [-0.39, 0.29) is 0 Å². The Morgan fingerprint density at radius 2 is 2.12 bits per heavy atom. The minimum Gasteiger partial charge on any atom is -0.378 e. The molecule has 1 rings (SSSR count). The van der Waals surface area contributed by atoms with Gasteiger partial charge in [0, 0.05) is 19.7 Å². The van der Waals surface area contributed by atoms with Gasteiger partial charge in [0.25, 0.3) is 0 Å². The molecule has 1 aliphatic carbocycles. The zero-order valence-electron chi connectivity index (χ0n) is 11.1. The summed E-state index contributed by atoms with van der Waals surface area (Å²) in [6, 6.07) is 0. The molecule has 3 N–H and O–H groups in total. The van der Waals surface area contributed by atoms with Crippen molar-refractivity contribution in [2.24, 2.45) is 10.7 Å². The Hall–Kier alpha value is -0.770. The molecule has 0 aliphatic heterocycles. The minimum atomic E-state index is 0.513. The third kappa shape index (κ3) is 7.21. The van der Waals surface area contributed by atoms with Gasteiger partial charge in [-0.05, 0) is 25.7 Å². The summed E-state index contributed by atoms with van der Waals surface area (Å²) in [6.07, 6.45) is 8.93. The molecule has 100 valence electrons. The van der Waals surface area contributed by atoms with E-state index in [1.165, 1.54) is 32.1 Å². The highest BCUT2D eigenvalue weighted by molar-refractivity contribution is 5.77. The van der Waals surface area contributed by atoms with Gasteiger partial charge in [-0.15, -0.1) is 0 Å². The van der Waals surface area contributed by atoms with Crippen molar-refractivity contribution in [2.75, 3.05) is 19.7 Å². The van der Waals surface area contributed by atoms with Crippen LogP contribution in [0.25, 0.3) is 0 Å². The number of guanidine groups is 1. The molecule has 0 amide bonds. The highest BCUT2D eigenvalue weighted by Gasteiger charge is 2.14. The first-order valence-electron chi connectivity index (χ1n) is 6.98. The van der Waals surface area contributed by atoms with E-state index in [1.807, 2.05) is 0 Å². The van der Waals surface area contributed by atoms with Crippen LogP contribution in [0.3, 0.4) is 0 Å². The Balaban J connectivity index is 1.92. The summed E-state index contributed by atoms with van der Waals surface area (Å²) in [4.78, 5) is 4.26. The molecule has 0 unspecified atom stereocenters. The number of hydrogen-bond acceptors (Lipinski definition) is 2. The molecular formula is C13H27N3O. The Morgan fingerprint density at radius 3 is 2.82 bits per heavy atom. The predicted octanol–water partition coefficient (Wildman–Crippen LogP) is 2.04. The van der Waals surface area contributed by atoms with Crippen molar-refractivity contribution in [3.05, 3.63) is 0 Å². The van der Waals surface area contributed by atoms with Crippen LogP contribution in [-0.4, -0.2) is 31.8 Å². The zero-order valence-corrected chi connectivity index (χ0v) is 11.1. The predicted molar refractivity (Wildman–Crippen MR) is 72.2 cm³/mol. The van der Waals surface area contributed by atoms with Gasteiger partial charge < -0.3 is 15.8 Å². The summed E-state index contributed by atoms with van der Waals surface area (Å²) in [5, 5.41) is 3.10. The molecule has 4 nitrogen and oxygen atoms in total. The fourth-order valence-corrected chi connectivity index (χ4v) is 2.02. The Kier molecular flexibility index (Phi) is 7.80. The van der Waals surface area contributed by atoms with Crippen LogP contribution in [-0.2, 0) is 4.74 Å². The van der Waals surface area contributed by atoms with Gasteiger partial charge in [-0.3, -0.25) is 4.99 Å². The van der Waals surface area contributed by atoms with E-state index < -0.39 is 0 Å². The average molecular weight is 241 g/mol. The second-order valence-corrected chi connectivity index (χ2v) is 4.68. The number of nitrogens with two attached hydrogens (primary N) is 1. The number of unbranched alkanes of at least 4 members (excludes halogenated alkanes) is 1. The molecule has 4 heteroatoms. The maximum atomic E-state index is 5.75. The van der Waals surface area contributed by atoms with Crippen molar-refractivity contribution >= 4 is 5.96 Å². The maximum absolute atomic E-state index is 5.75. The Labute approximate surface area is 105 Å². The number of aliphatic imine (C=N–C) groups is 1. The number of nitrogens with zero attached hydrogens (tertiary/aromatic N) is 1. The summed E-state index contributed by atoms with van der Waals surface area (Å²) < 4.78 is 5.75. The second kappa shape index (κ2) is 9.28. The van der Waals surface area contributed by atoms with E-state index >= 15 is 0 Å². The number of ether oxygens (including phenoxy) is 1. The molecule has 17 heavy (non-hydrogen) atoms. The van der Waals surface area contributed by atoms with Crippen molar-refractivity contribution in [3.63, 3.8) is 0 Å². The molecule has 0 aromatic heterocycles. The monoisotopic (exact) mass is 241 g/mol. The lowest BCUT2D eigenvalue weighted by atomic mass is 10.3. The van der Waals surface area contributed by atoms with Gasteiger partial charge >= 0.3 is 0 Å². The normalized spacial score (nSPS) is 17.6. The molecule has 0 radical (unpaired) electrons. The Morgan fingerprint density at radius 1 is 1.35 bits per heavy atom. The van der Waals surface area contributed by atoms with Crippen LogP contribution in [0, 0.1) is 0 Å². The van der Waals surface area contributed by atoms with Gasteiger partial charge in [-0.2, -0.15) is 0 Å². The summed E-state index contributed by atoms with van der Waals surface area (Å²) in [5.74, 6) is 0.569. The van der Waals surface area contributed by atoms with Crippen LogP contribution in [0.4, 0.5) is 0 Å². The fraction of sp³-hybridized carbons (Fsp3) is 0.923. The van der Waals surface area contributed by atoms with E-state index in [0.717, 1.165) is 32.5 Å². The van der Waals surface area contributed by atoms with Crippen molar-refractivity contribution in [3.8, 4) is 0 Å². The maximum Gasteiger partial charge on any atom is 0.188 e. The van der Waals surface area contributed by atoms with Crippen molar-refractivity contribution in [2.45, 2.75) is 58.0 Å². The lowest BCUT2D eigenvalue weighted by Gasteiger charge is -2.10. The van der Waals surface area contributed by atoms with Crippen molar-refractivity contribution in [1.29, 1.82) is 0 Å². The molecule has 1 saturated carbocycles. The van der Waals surface area contributed by atoms with Crippen LogP contribution >= 0.6 is 0 Å². The van der Waals surface area contributed by atoms with Crippen molar-refractivity contribution in [1.82, 2.24) is 5.32 Å². The van der Waals surface area contributed by atoms with E-state index in [4.69, 9.17) is 10.5 Å². The van der Waals surface area contributed by atoms with E-state index in [9.17, 15) is 0 Å². The molecule has 0 aromatic rings. The molecule has 0 atom stereocenters. The minimum absolute atomic E-state index is 0.513. The quantitative estimate of drug-likeness (QED) is 0.388. The molecule has 0 spiro atoms. The molecule has 0 saturated heterocycles. The summed E-state index contributed by atoms with van der Waals surface area (Å²) in [6.45, 7) is 4.66.